The number of aromatic nitrogens is 1. The molecule has 1 aromatic carbocycles. The summed E-state index contributed by atoms with van der Waals surface area (Å²) in [4.78, 5) is 16.7. The summed E-state index contributed by atoms with van der Waals surface area (Å²) in [6, 6.07) is 6.52. The van der Waals surface area contributed by atoms with Crippen LogP contribution in [0.2, 0.25) is 5.02 Å². The van der Waals surface area contributed by atoms with Gasteiger partial charge in [0.2, 0.25) is 0 Å². The molecule has 152 valence electrons. The van der Waals surface area contributed by atoms with Crippen LogP contribution in [0.15, 0.2) is 41.3 Å². The molecule has 0 spiro atoms. The Morgan fingerprint density at radius 2 is 1.82 bits per heavy atom. The Kier molecular flexibility index (Phi) is 6.32. The molecular formula is C19H22ClF3N4O. The first-order valence-electron chi connectivity index (χ1n) is 8.98. The van der Waals surface area contributed by atoms with Gasteiger partial charge in [-0.05, 0) is 31.3 Å². The zero-order chi connectivity index (χ0) is 20.3. The number of piperazine rings is 1. The van der Waals surface area contributed by atoms with Crippen LogP contribution in [0.5, 0.6) is 0 Å². The van der Waals surface area contributed by atoms with Crippen molar-refractivity contribution in [1.29, 1.82) is 0 Å². The topological polar surface area (TPSA) is 40.5 Å². The normalized spacial score (nSPS) is 16.3. The molecule has 0 aliphatic carbocycles. The number of hydrogen-bond acceptors (Lipinski definition) is 4. The lowest BCUT2D eigenvalue weighted by Gasteiger charge is -2.32. The molecule has 1 aliphatic heterocycles. The van der Waals surface area contributed by atoms with Crippen molar-refractivity contribution in [3.05, 3.63) is 57.5 Å². The van der Waals surface area contributed by atoms with Gasteiger partial charge < -0.3 is 10.2 Å². The third-order valence-electron chi connectivity index (χ3n) is 4.80. The minimum absolute atomic E-state index is 0.200. The number of anilines is 1. The molecule has 28 heavy (non-hydrogen) atoms. The molecule has 3 rings (SSSR count). The third kappa shape index (κ3) is 5.06. The summed E-state index contributed by atoms with van der Waals surface area (Å²) < 4.78 is 39.7. The Morgan fingerprint density at radius 1 is 1.11 bits per heavy atom. The number of hydrogen-bond donors (Lipinski definition) is 1. The smallest absolute Gasteiger partial charge is 0.384 e. The molecule has 2 heterocycles. The maximum absolute atomic E-state index is 12.9. The summed E-state index contributed by atoms with van der Waals surface area (Å²) in [6.45, 7) is 5.76. The minimum Gasteiger partial charge on any atom is -0.384 e. The SMILES string of the molecule is CN1CCN(CCNc2ccc(-n3cc(C(F)(F)F)ccc3=O)c(Cl)c2)CC1. The van der Waals surface area contributed by atoms with Gasteiger partial charge in [-0.2, -0.15) is 13.2 Å². The van der Waals surface area contributed by atoms with E-state index in [-0.39, 0.29) is 10.7 Å². The standard InChI is InChI=1S/C19H22ClF3N4O/c1-25-8-10-26(11-9-25)7-6-24-15-3-4-17(16(20)12-15)27-13-14(19(21,22)23)2-5-18(27)28/h2-5,12-13,24H,6-11H2,1H3. The molecule has 1 fully saturated rings. The number of nitrogens with zero attached hydrogens (tertiary/aromatic N) is 3. The van der Waals surface area contributed by atoms with E-state index < -0.39 is 17.3 Å². The van der Waals surface area contributed by atoms with Crippen molar-refractivity contribution in [3.8, 4) is 5.69 Å². The van der Waals surface area contributed by atoms with Crippen molar-refractivity contribution >= 4 is 17.3 Å². The van der Waals surface area contributed by atoms with E-state index in [1.165, 1.54) is 0 Å². The van der Waals surface area contributed by atoms with E-state index in [9.17, 15) is 18.0 Å². The molecule has 1 aromatic heterocycles. The van der Waals surface area contributed by atoms with Gasteiger partial charge in [0.25, 0.3) is 5.56 Å². The molecule has 5 nitrogen and oxygen atoms in total. The van der Waals surface area contributed by atoms with E-state index in [0.717, 1.165) is 67.9 Å². The molecule has 1 N–H and O–H groups in total. The molecule has 0 unspecified atom stereocenters. The van der Waals surface area contributed by atoms with Crippen molar-refractivity contribution in [1.82, 2.24) is 14.4 Å². The molecule has 0 saturated carbocycles. The monoisotopic (exact) mass is 414 g/mol. The Bertz CT molecular complexity index is 876. The van der Waals surface area contributed by atoms with Gasteiger partial charge >= 0.3 is 6.18 Å². The highest BCUT2D eigenvalue weighted by Gasteiger charge is 2.31. The van der Waals surface area contributed by atoms with E-state index in [1.54, 1.807) is 18.2 Å². The van der Waals surface area contributed by atoms with Crippen LogP contribution in [0.1, 0.15) is 5.56 Å². The fraction of sp³-hybridized carbons (Fsp3) is 0.421. The van der Waals surface area contributed by atoms with E-state index in [2.05, 4.69) is 22.2 Å². The lowest BCUT2D eigenvalue weighted by Crippen LogP contribution is -2.45. The first-order valence-corrected chi connectivity index (χ1v) is 9.36. The third-order valence-corrected chi connectivity index (χ3v) is 5.10. The lowest BCUT2D eigenvalue weighted by atomic mass is 10.2. The average Bonchev–Trinajstić information content (AvgIpc) is 2.63. The average molecular weight is 415 g/mol. The summed E-state index contributed by atoms with van der Waals surface area (Å²) in [5.41, 5.74) is -0.520. The first kappa shape index (κ1) is 20.7. The molecule has 0 atom stereocenters. The second kappa shape index (κ2) is 8.55. The van der Waals surface area contributed by atoms with E-state index in [4.69, 9.17) is 11.6 Å². The van der Waals surface area contributed by atoms with Crippen molar-refractivity contribution in [2.75, 3.05) is 51.6 Å². The fourth-order valence-corrected chi connectivity index (χ4v) is 3.36. The van der Waals surface area contributed by atoms with Crippen molar-refractivity contribution < 1.29 is 13.2 Å². The summed E-state index contributed by atoms with van der Waals surface area (Å²) in [5.74, 6) is 0. The van der Waals surface area contributed by atoms with E-state index >= 15 is 0 Å². The van der Waals surface area contributed by atoms with Crippen LogP contribution in [0.25, 0.3) is 5.69 Å². The van der Waals surface area contributed by atoms with Crippen molar-refractivity contribution in [2.45, 2.75) is 6.18 Å². The molecule has 1 saturated heterocycles. The Morgan fingerprint density at radius 3 is 2.46 bits per heavy atom. The van der Waals surface area contributed by atoms with Gasteiger partial charge in [0.05, 0.1) is 16.3 Å². The summed E-state index contributed by atoms with van der Waals surface area (Å²) in [7, 11) is 2.11. The summed E-state index contributed by atoms with van der Waals surface area (Å²) >= 11 is 6.25. The second-order valence-electron chi connectivity index (χ2n) is 6.86. The maximum atomic E-state index is 12.9. The number of benzene rings is 1. The largest absolute Gasteiger partial charge is 0.417 e. The number of alkyl halides is 3. The number of pyridine rings is 1. The van der Waals surface area contributed by atoms with Crippen LogP contribution in [-0.4, -0.2) is 60.7 Å². The van der Waals surface area contributed by atoms with Gasteiger partial charge in [0.1, 0.15) is 0 Å². The van der Waals surface area contributed by atoms with Gasteiger partial charge in [-0.3, -0.25) is 14.3 Å². The molecule has 0 bridgehead atoms. The molecule has 1 aliphatic rings. The molecule has 0 amide bonds. The fourth-order valence-electron chi connectivity index (χ4n) is 3.09. The minimum atomic E-state index is -4.54. The summed E-state index contributed by atoms with van der Waals surface area (Å²) in [6.07, 6.45) is -3.77. The van der Waals surface area contributed by atoms with E-state index in [0.29, 0.717) is 0 Å². The highest BCUT2D eigenvalue weighted by Crippen LogP contribution is 2.30. The lowest BCUT2D eigenvalue weighted by molar-refractivity contribution is -0.138. The quantitative estimate of drug-likeness (QED) is 0.816. The first-order chi connectivity index (χ1) is 13.2. The Balaban J connectivity index is 1.68. The van der Waals surface area contributed by atoms with Crippen molar-refractivity contribution in [2.24, 2.45) is 0 Å². The van der Waals surface area contributed by atoms with Crippen LogP contribution < -0.4 is 10.9 Å². The van der Waals surface area contributed by atoms with Crippen LogP contribution in [-0.2, 0) is 6.18 Å². The number of nitrogens with one attached hydrogen (secondary N) is 1. The molecule has 2 aromatic rings. The summed E-state index contributed by atoms with van der Waals surface area (Å²) in [5, 5.41) is 3.47. The van der Waals surface area contributed by atoms with Gasteiger partial charge in [-0.1, -0.05) is 11.6 Å². The van der Waals surface area contributed by atoms with Crippen LogP contribution in [0.3, 0.4) is 0 Å². The number of rotatable bonds is 5. The zero-order valence-electron chi connectivity index (χ0n) is 15.5. The predicted molar refractivity (Wildman–Crippen MR) is 104 cm³/mol. The van der Waals surface area contributed by atoms with Crippen molar-refractivity contribution in [3.63, 3.8) is 0 Å². The molecule has 0 radical (unpaired) electrons. The van der Waals surface area contributed by atoms with Gasteiger partial charge in [0.15, 0.2) is 0 Å². The number of halogens is 4. The Labute approximate surface area is 166 Å². The Hall–Kier alpha value is -2.03. The second-order valence-corrected chi connectivity index (χ2v) is 7.27. The van der Waals surface area contributed by atoms with Gasteiger partial charge in [-0.25, -0.2) is 0 Å². The molecule has 9 heteroatoms. The zero-order valence-corrected chi connectivity index (χ0v) is 16.2. The molecular weight excluding hydrogens is 393 g/mol. The van der Waals surface area contributed by atoms with Crippen LogP contribution >= 0.6 is 11.6 Å². The highest BCUT2D eigenvalue weighted by molar-refractivity contribution is 6.32. The maximum Gasteiger partial charge on any atom is 0.417 e. The van der Waals surface area contributed by atoms with Gasteiger partial charge in [0, 0.05) is 57.2 Å². The number of likely N-dealkylation sites (N-methyl/N-ethyl adjacent to an activating group) is 1. The van der Waals surface area contributed by atoms with Crippen LogP contribution in [0.4, 0.5) is 18.9 Å². The van der Waals surface area contributed by atoms with E-state index in [1.807, 2.05) is 0 Å². The van der Waals surface area contributed by atoms with Crippen LogP contribution in [0, 0.1) is 0 Å². The predicted octanol–water partition coefficient (Wildman–Crippen LogP) is 3.17. The highest BCUT2D eigenvalue weighted by atomic mass is 35.5. The van der Waals surface area contributed by atoms with Gasteiger partial charge in [-0.15, -0.1) is 0 Å².